The summed E-state index contributed by atoms with van der Waals surface area (Å²) in [6.07, 6.45) is 0. The highest BCUT2D eigenvalue weighted by Crippen LogP contribution is 2.26. The normalized spacial score (nSPS) is 11.1. The molecule has 152 valence electrons. The number of hydrogen-bond acceptors (Lipinski definition) is 4. The largest absolute Gasteiger partial charge is 0.497 e. The van der Waals surface area contributed by atoms with Crippen LogP contribution in [0.25, 0.3) is 28.2 Å². The van der Waals surface area contributed by atoms with Crippen LogP contribution in [0.2, 0.25) is 0 Å². The summed E-state index contributed by atoms with van der Waals surface area (Å²) >= 11 is 0. The van der Waals surface area contributed by atoms with Gasteiger partial charge in [0.25, 0.3) is 5.91 Å². The summed E-state index contributed by atoms with van der Waals surface area (Å²) in [4.78, 5) is 17.8. The van der Waals surface area contributed by atoms with Gasteiger partial charge >= 0.3 is 0 Å². The van der Waals surface area contributed by atoms with Gasteiger partial charge in [0.15, 0.2) is 5.65 Å². The van der Waals surface area contributed by atoms with Crippen LogP contribution in [0.1, 0.15) is 24.3 Å². The number of methoxy groups -OCH3 is 1. The molecule has 0 unspecified atom stereocenters. The Balaban J connectivity index is 1.86. The van der Waals surface area contributed by atoms with E-state index in [-0.39, 0.29) is 5.91 Å². The Morgan fingerprint density at radius 3 is 2.50 bits per heavy atom. The Morgan fingerprint density at radius 2 is 1.77 bits per heavy atom. The van der Waals surface area contributed by atoms with E-state index in [9.17, 15) is 4.79 Å². The molecule has 6 nitrogen and oxygen atoms in total. The van der Waals surface area contributed by atoms with Gasteiger partial charge in [-0.3, -0.25) is 4.79 Å². The monoisotopic (exact) mass is 400 g/mol. The SMILES string of the molecule is COc1cccc(-c2cc(C(=O)NCC(C)C)n3nc(-c4ccccc4)cc3n2)c1. The second-order valence-corrected chi connectivity index (χ2v) is 7.53. The topological polar surface area (TPSA) is 68.5 Å². The van der Waals surface area contributed by atoms with Crippen LogP contribution in [0, 0.1) is 5.92 Å². The zero-order valence-electron chi connectivity index (χ0n) is 17.3. The minimum Gasteiger partial charge on any atom is -0.497 e. The van der Waals surface area contributed by atoms with Crippen molar-refractivity contribution >= 4 is 11.6 Å². The van der Waals surface area contributed by atoms with E-state index in [0.717, 1.165) is 22.6 Å². The molecule has 0 aliphatic carbocycles. The van der Waals surface area contributed by atoms with E-state index in [4.69, 9.17) is 9.72 Å². The minimum atomic E-state index is -0.178. The average molecular weight is 400 g/mol. The van der Waals surface area contributed by atoms with Crippen LogP contribution >= 0.6 is 0 Å². The van der Waals surface area contributed by atoms with Gasteiger partial charge in [-0.15, -0.1) is 0 Å². The lowest BCUT2D eigenvalue weighted by molar-refractivity contribution is 0.0941. The van der Waals surface area contributed by atoms with Crippen molar-refractivity contribution in [2.75, 3.05) is 13.7 Å². The fourth-order valence-corrected chi connectivity index (χ4v) is 3.20. The van der Waals surface area contributed by atoms with E-state index in [0.29, 0.717) is 29.5 Å². The summed E-state index contributed by atoms with van der Waals surface area (Å²) in [6.45, 7) is 4.71. The summed E-state index contributed by atoms with van der Waals surface area (Å²) in [5.74, 6) is 0.906. The predicted octanol–water partition coefficient (Wildman–Crippen LogP) is 4.46. The number of carbonyl (C=O) groups is 1. The van der Waals surface area contributed by atoms with Crippen LogP contribution in [0.4, 0.5) is 0 Å². The molecular formula is C24H24N4O2. The molecule has 2 aromatic carbocycles. The Bertz CT molecular complexity index is 1180. The maximum absolute atomic E-state index is 13.0. The van der Waals surface area contributed by atoms with Gasteiger partial charge in [-0.05, 0) is 24.1 Å². The zero-order chi connectivity index (χ0) is 21.1. The number of carbonyl (C=O) groups excluding carboxylic acids is 1. The number of ether oxygens (including phenoxy) is 1. The van der Waals surface area contributed by atoms with Crippen molar-refractivity contribution < 1.29 is 9.53 Å². The number of amides is 1. The van der Waals surface area contributed by atoms with Gasteiger partial charge in [0.1, 0.15) is 11.4 Å². The van der Waals surface area contributed by atoms with E-state index in [2.05, 4.69) is 24.3 Å². The minimum absolute atomic E-state index is 0.178. The molecule has 2 aromatic heterocycles. The molecule has 0 atom stereocenters. The van der Waals surface area contributed by atoms with Crippen LogP contribution in [0.5, 0.6) is 5.75 Å². The molecule has 1 amide bonds. The number of nitrogens with zero attached hydrogens (tertiary/aromatic N) is 3. The van der Waals surface area contributed by atoms with Crippen molar-refractivity contribution in [3.8, 4) is 28.3 Å². The molecule has 0 spiro atoms. The second kappa shape index (κ2) is 8.37. The lowest BCUT2D eigenvalue weighted by Crippen LogP contribution is -2.29. The molecule has 30 heavy (non-hydrogen) atoms. The number of nitrogens with one attached hydrogen (secondary N) is 1. The van der Waals surface area contributed by atoms with Gasteiger partial charge in [-0.25, -0.2) is 9.50 Å². The number of hydrogen-bond donors (Lipinski definition) is 1. The highest BCUT2D eigenvalue weighted by atomic mass is 16.5. The first kappa shape index (κ1) is 19.6. The van der Waals surface area contributed by atoms with Gasteiger partial charge < -0.3 is 10.1 Å². The number of rotatable bonds is 6. The van der Waals surface area contributed by atoms with Crippen molar-refractivity contribution in [2.24, 2.45) is 5.92 Å². The van der Waals surface area contributed by atoms with Crippen LogP contribution in [0.15, 0.2) is 66.7 Å². The third-order valence-corrected chi connectivity index (χ3v) is 4.77. The third-order valence-electron chi connectivity index (χ3n) is 4.77. The number of fused-ring (bicyclic) bond motifs is 1. The summed E-state index contributed by atoms with van der Waals surface area (Å²) in [7, 11) is 1.63. The first-order valence-electron chi connectivity index (χ1n) is 9.94. The summed E-state index contributed by atoms with van der Waals surface area (Å²) in [6, 6.07) is 21.2. The van der Waals surface area contributed by atoms with Crippen molar-refractivity contribution in [3.63, 3.8) is 0 Å². The molecular weight excluding hydrogens is 376 g/mol. The van der Waals surface area contributed by atoms with Gasteiger partial charge in [0.05, 0.1) is 18.5 Å². The van der Waals surface area contributed by atoms with E-state index < -0.39 is 0 Å². The fourth-order valence-electron chi connectivity index (χ4n) is 3.20. The summed E-state index contributed by atoms with van der Waals surface area (Å²) in [5, 5.41) is 7.66. The molecule has 4 aromatic rings. The second-order valence-electron chi connectivity index (χ2n) is 7.53. The van der Waals surface area contributed by atoms with Crippen molar-refractivity contribution in [2.45, 2.75) is 13.8 Å². The molecule has 6 heteroatoms. The van der Waals surface area contributed by atoms with E-state index in [1.54, 1.807) is 17.7 Å². The molecule has 0 saturated carbocycles. The smallest absolute Gasteiger partial charge is 0.270 e. The molecule has 0 bridgehead atoms. The van der Waals surface area contributed by atoms with E-state index >= 15 is 0 Å². The number of aromatic nitrogens is 3. The molecule has 2 heterocycles. The van der Waals surface area contributed by atoms with Gasteiger partial charge in [-0.1, -0.05) is 56.3 Å². The Hall–Kier alpha value is -3.67. The quantitative estimate of drug-likeness (QED) is 0.519. The lowest BCUT2D eigenvalue weighted by atomic mass is 10.1. The summed E-state index contributed by atoms with van der Waals surface area (Å²) in [5.41, 5.74) is 4.36. The maximum Gasteiger partial charge on any atom is 0.270 e. The van der Waals surface area contributed by atoms with E-state index in [1.807, 2.05) is 60.7 Å². The predicted molar refractivity (Wildman–Crippen MR) is 118 cm³/mol. The first-order valence-corrected chi connectivity index (χ1v) is 9.94. The highest BCUT2D eigenvalue weighted by molar-refractivity contribution is 5.94. The molecule has 0 radical (unpaired) electrons. The van der Waals surface area contributed by atoms with Crippen LogP contribution < -0.4 is 10.1 Å². The zero-order valence-corrected chi connectivity index (χ0v) is 17.3. The highest BCUT2D eigenvalue weighted by Gasteiger charge is 2.17. The first-order chi connectivity index (χ1) is 14.5. The molecule has 0 saturated heterocycles. The molecule has 4 rings (SSSR count). The Labute approximate surface area is 175 Å². The van der Waals surface area contributed by atoms with Gasteiger partial charge in [0.2, 0.25) is 0 Å². The van der Waals surface area contributed by atoms with Crippen LogP contribution in [-0.2, 0) is 0 Å². The maximum atomic E-state index is 13.0. The van der Waals surface area contributed by atoms with E-state index in [1.165, 1.54) is 0 Å². The molecule has 1 N–H and O–H groups in total. The lowest BCUT2D eigenvalue weighted by Gasteiger charge is -2.11. The van der Waals surface area contributed by atoms with Gasteiger partial charge in [0, 0.05) is 23.7 Å². The van der Waals surface area contributed by atoms with Crippen LogP contribution in [0.3, 0.4) is 0 Å². The molecule has 0 fully saturated rings. The van der Waals surface area contributed by atoms with Crippen molar-refractivity contribution in [3.05, 3.63) is 72.4 Å². The third kappa shape index (κ3) is 4.03. The van der Waals surface area contributed by atoms with Crippen molar-refractivity contribution in [1.29, 1.82) is 0 Å². The standard InChI is InChI=1S/C24H24N4O2/c1-16(2)15-25-24(29)22-13-20(18-10-7-11-19(12-18)30-3)26-23-14-21(27-28(22)23)17-8-5-4-6-9-17/h4-14,16H,15H2,1-3H3,(H,25,29). The summed E-state index contributed by atoms with van der Waals surface area (Å²) < 4.78 is 6.96. The average Bonchev–Trinajstić information content (AvgIpc) is 3.21. The van der Waals surface area contributed by atoms with Crippen molar-refractivity contribution in [1.82, 2.24) is 19.9 Å². The van der Waals surface area contributed by atoms with Gasteiger partial charge in [-0.2, -0.15) is 5.10 Å². The molecule has 0 aliphatic rings. The number of benzene rings is 2. The molecule has 0 aliphatic heterocycles. The van der Waals surface area contributed by atoms with Crippen LogP contribution in [-0.4, -0.2) is 34.2 Å². The fraction of sp³-hybridized carbons (Fsp3) is 0.208. The Morgan fingerprint density at radius 1 is 1.00 bits per heavy atom. The Kier molecular flexibility index (Phi) is 5.48.